The zero-order valence-corrected chi connectivity index (χ0v) is 15.9. The molecule has 5 heteroatoms. The van der Waals surface area contributed by atoms with E-state index in [1.54, 1.807) is 0 Å². The molecule has 23 heavy (non-hydrogen) atoms. The lowest BCUT2D eigenvalue weighted by atomic mass is 10.0. The molecule has 1 fully saturated rings. The maximum Gasteiger partial charge on any atom is 0.191 e. The first-order valence-electron chi connectivity index (χ1n) is 9.62. The minimum absolute atomic E-state index is 0.708. The average Bonchev–Trinajstić information content (AvgIpc) is 2.76. The van der Waals surface area contributed by atoms with E-state index in [9.17, 15) is 0 Å². The summed E-state index contributed by atoms with van der Waals surface area (Å²) in [4.78, 5) is 9.77. The van der Waals surface area contributed by atoms with Crippen LogP contribution in [-0.4, -0.2) is 75.2 Å². The molecule has 5 nitrogen and oxygen atoms in total. The predicted octanol–water partition coefficient (Wildman–Crippen LogP) is 2.01. The molecule has 1 saturated heterocycles. The van der Waals surface area contributed by atoms with Gasteiger partial charge in [0.25, 0.3) is 0 Å². The molecule has 0 aliphatic carbocycles. The summed E-state index contributed by atoms with van der Waals surface area (Å²) in [6.45, 7) is 15.6. The summed E-state index contributed by atoms with van der Waals surface area (Å²) in [6.07, 6.45) is 4.90. The third kappa shape index (κ3) is 9.16. The second-order valence-corrected chi connectivity index (χ2v) is 6.68. The fourth-order valence-corrected chi connectivity index (χ4v) is 2.94. The molecular formula is C18H39N5. The van der Waals surface area contributed by atoms with Gasteiger partial charge in [0.1, 0.15) is 0 Å². The second kappa shape index (κ2) is 12.6. The topological polar surface area (TPSA) is 42.9 Å². The lowest BCUT2D eigenvalue weighted by Crippen LogP contribution is -2.39. The van der Waals surface area contributed by atoms with Gasteiger partial charge in [-0.1, -0.05) is 26.7 Å². The van der Waals surface area contributed by atoms with Crippen LogP contribution in [-0.2, 0) is 0 Å². The smallest absolute Gasteiger partial charge is 0.191 e. The van der Waals surface area contributed by atoms with Crippen LogP contribution in [0.1, 0.15) is 46.5 Å². The van der Waals surface area contributed by atoms with E-state index in [1.807, 2.05) is 0 Å². The third-order valence-electron chi connectivity index (χ3n) is 4.76. The lowest BCUT2D eigenvalue weighted by Gasteiger charge is -2.20. The van der Waals surface area contributed by atoms with E-state index in [0.29, 0.717) is 5.92 Å². The van der Waals surface area contributed by atoms with E-state index in [1.165, 1.54) is 58.4 Å². The Balaban J connectivity index is 2.25. The highest BCUT2D eigenvalue weighted by Crippen LogP contribution is 2.07. The highest BCUT2D eigenvalue weighted by molar-refractivity contribution is 5.79. The Hall–Kier alpha value is -0.810. The summed E-state index contributed by atoms with van der Waals surface area (Å²) >= 11 is 0. The van der Waals surface area contributed by atoms with E-state index >= 15 is 0 Å². The summed E-state index contributed by atoms with van der Waals surface area (Å²) < 4.78 is 0. The Bertz CT molecular complexity index is 315. The van der Waals surface area contributed by atoms with Gasteiger partial charge in [-0.05, 0) is 52.4 Å². The highest BCUT2D eigenvalue weighted by atomic mass is 15.2. The van der Waals surface area contributed by atoms with Crippen LogP contribution in [0.15, 0.2) is 4.99 Å². The Morgan fingerprint density at radius 3 is 2.52 bits per heavy atom. The van der Waals surface area contributed by atoms with E-state index in [0.717, 1.165) is 25.6 Å². The van der Waals surface area contributed by atoms with Crippen LogP contribution in [0.25, 0.3) is 0 Å². The molecule has 0 atom stereocenters. The van der Waals surface area contributed by atoms with Crippen LogP contribution in [0.3, 0.4) is 0 Å². The Labute approximate surface area is 143 Å². The van der Waals surface area contributed by atoms with Crippen molar-refractivity contribution in [2.24, 2.45) is 10.9 Å². The molecule has 0 bridgehead atoms. The van der Waals surface area contributed by atoms with Crippen LogP contribution in [0, 0.1) is 5.92 Å². The van der Waals surface area contributed by atoms with Crippen molar-refractivity contribution in [2.45, 2.75) is 46.5 Å². The Morgan fingerprint density at radius 2 is 1.83 bits per heavy atom. The zero-order chi connectivity index (χ0) is 16.9. The summed E-state index contributed by atoms with van der Waals surface area (Å²) in [7, 11) is 2.23. The molecule has 0 radical (unpaired) electrons. The number of rotatable bonds is 9. The van der Waals surface area contributed by atoms with Crippen molar-refractivity contribution in [3.8, 4) is 0 Å². The fraction of sp³-hybridized carbons (Fsp3) is 0.944. The summed E-state index contributed by atoms with van der Waals surface area (Å²) in [6, 6.07) is 0. The van der Waals surface area contributed by atoms with Crippen molar-refractivity contribution in [2.75, 3.05) is 59.4 Å². The van der Waals surface area contributed by atoms with Crippen LogP contribution >= 0.6 is 0 Å². The maximum atomic E-state index is 4.74. The second-order valence-electron chi connectivity index (χ2n) is 6.68. The van der Waals surface area contributed by atoms with Crippen molar-refractivity contribution in [3.05, 3.63) is 0 Å². The van der Waals surface area contributed by atoms with Gasteiger partial charge < -0.3 is 20.4 Å². The van der Waals surface area contributed by atoms with Crippen molar-refractivity contribution in [1.29, 1.82) is 0 Å². The lowest BCUT2D eigenvalue weighted by molar-refractivity contribution is 0.274. The number of hydrogen-bond donors (Lipinski definition) is 2. The molecule has 0 saturated carbocycles. The number of aliphatic imine (C=N–C) groups is 1. The molecule has 0 spiro atoms. The van der Waals surface area contributed by atoms with Gasteiger partial charge in [0, 0.05) is 32.7 Å². The normalized spacial score (nSPS) is 18.2. The molecule has 1 aliphatic heterocycles. The van der Waals surface area contributed by atoms with Crippen molar-refractivity contribution < 1.29 is 0 Å². The summed E-state index contributed by atoms with van der Waals surface area (Å²) in [5.41, 5.74) is 0. The number of guanidine groups is 1. The predicted molar refractivity (Wildman–Crippen MR) is 101 cm³/mol. The van der Waals surface area contributed by atoms with Crippen LogP contribution in [0.5, 0.6) is 0 Å². The molecule has 0 amide bonds. The first-order chi connectivity index (χ1) is 11.2. The Morgan fingerprint density at radius 1 is 1.04 bits per heavy atom. The molecule has 1 heterocycles. The van der Waals surface area contributed by atoms with Gasteiger partial charge in [-0.3, -0.25) is 4.99 Å². The Kier molecular flexibility index (Phi) is 11.1. The van der Waals surface area contributed by atoms with Gasteiger partial charge in [0.15, 0.2) is 5.96 Å². The van der Waals surface area contributed by atoms with Gasteiger partial charge in [-0.2, -0.15) is 0 Å². The number of nitrogens with one attached hydrogen (secondary N) is 2. The molecule has 1 rings (SSSR count). The summed E-state index contributed by atoms with van der Waals surface area (Å²) in [5, 5.41) is 6.85. The van der Waals surface area contributed by atoms with Gasteiger partial charge in [0.2, 0.25) is 0 Å². The first kappa shape index (κ1) is 20.2. The largest absolute Gasteiger partial charge is 0.357 e. The minimum Gasteiger partial charge on any atom is -0.357 e. The van der Waals surface area contributed by atoms with Gasteiger partial charge in [-0.15, -0.1) is 0 Å². The van der Waals surface area contributed by atoms with Gasteiger partial charge in [0.05, 0.1) is 0 Å². The molecule has 0 aromatic rings. The molecule has 2 N–H and O–H groups in total. The molecule has 136 valence electrons. The number of nitrogens with zero attached hydrogens (tertiary/aromatic N) is 3. The molecular weight excluding hydrogens is 286 g/mol. The minimum atomic E-state index is 0.708. The molecule has 0 unspecified atom stereocenters. The SMILES string of the molecule is CCNC(=NCC(CC)CC)NCCCN1CCCN(C)CC1. The van der Waals surface area contributed by atoms with E-state index < -0.39 is 0 Å². The fourth-order valence-electron chi connectivity index (χ4n) is 2.94. The quantitative estimate of drug-likeness (QED) is 0.387. The van der Waals surface area contributed by atoms with Crippen LogP contribution in [0.2, 0.25) is 0 Å². The van der Waals surface area contributed by atoms with E-state index in [2.05, 4.69) is 48.3 Å². The first-order valence-corrected chi connectivity index (χ1v) is 9.62. The van der Waals surface area contributed by atoms with Gasteiger partial charge in [-0.25, -0.2) is 0 Å². The number of hydrogen-bond acceptors (Lipinski definition) is 3. The summed E-state index contributed by atoms with van der Waals surface area (Å²) in [5.74, 6) is 1.69. The van der Waals surface area contributed by atoms with Crippen LogP contribution in [0.4, 0.5) is 0 Å². The number of likely N-dealkylation sites (N-methyl/N-ethyl adjacent to an activating group) is 1. The third-order valence-corrected chi connectivity index (χ3v) is 4.76. The van der Waals surface area contributed by atoms with Crippen LogP contribution < -0.4 is 10.6 Å². The van der Waals surface area contributed by atoms with Crippen molar-refractivity contribution in [3.63, 3.8) is 0 Å². The zero-order valence-electron chi connectivity index (χ0n) is 15.9. The highest BCUT2D eigenvalue weighted by Gasteiger charge is 2.11. The molecule has 1 aliphatic rings. The van der Waals surface area contributed by atoms with Crippen molar-refractivity contribution >= 4 is 5.96 Å². The average molecular weight is 326 g/mol. The molecule has 0 aromatic heterocycles. The maximum absolute atomic E-state index is 4.74. The van der Waals surface area contributed by atoms with Crippen molar-refractivity contribution in [1.82, 2.24) is 20.4 Å². The van der Waals surface area contributed by atoms with E-state index in [-0.39, 0.29) is 0 Å². The van der Waals surface area contributed by atoms with E-state index in [4.69, 9.17) is 4.99 Å². The monoisotopic (exact) mass is 325 g/mol. The van der Waals surface area contributed by atoms with Gasteiger partial charge >= 0.3 is 0 Å². The standard InChI is InChI=1S/C18H39N5/c1-5-17(6-2)16-21-18(19-7-3)20-10-8-12-23-13-9-11-22(4)14-15-23/h17H,5-16H2,1-4H3,(H2,19,20,21). The molecule has 0 aromatic carbocycles.